The van der Waals surface area contributed by atoms with Gasteiger partial charge in [0.05, 0.1) is 6.54 Å². The van der Waals surface area contributed by atoms with Gasteiger partial charge in [0.1, 0.15) is 0 Å². The number of rotatable bonds is 4. The van der Waals surface area contributed by atoms with Gasteiger partial charge in [-0.05, 0) is 45.4 Å². The van der Waals surface area contributed by atoms with E-state index in [1.165, 1.54) is 25.7 Å². The molecule has 1 aliphatic carbocycles. The molecule has 0 aliphatic heterocycles. The quantitative estimate of drug-likeness (QED) is 0.369. The van der Waals surface area contributed by atoms with Crippen molar-refractivity contribution in [3.8, 4) is 0 Å². The highest BCUT2D eigenvalue weighted by Gasteiger charge is 2.18. The van der Waals surface area contributed by atoms with Crippen LogP contribution in [0.3, 0.4) is 0 Å². The minimum atomic E-state index is -0.200. The van der Waals surface area contributed by atoms with E-state index in [0.29, 0.717) is 5.96 Å². The van der Waals surface area contributed by atoms with E-state index >= 15 is 0 Å². The lowest BCUT2D eigenvalue weighted by Crippen LogP contribution is -2.48. The van der Waals surface area contributed by atoms with Crippen molar-refractivity contribution in [1.29, 1.82) is 0 Å². The van der Waals surface area contributed by atoms with Crippen LogP contribution in [0.1, 0.15) is 53.4 Å². The van der Waals surface area contributed by atoms with Crippen LogP contribution in [0.25, 0.3) is 0 Å². The average molecular weight is 424 g/mol. The second kappa shape index (κ2) is 10.3. The van der Waals surface area contributed by atoms with Crippen molar-refractivity contribution >= 4 is 35.8 Å². The third-order valence-corrected chi connectivity index (χ3v) is 3.85. The van der Waals surface area contributed by atoms with E-state index in [9.17, 15) is 4.79 Å². The second-order valence-corrected chi connectivity index (χ2v) is 7.23. The fourth-order valence-electron chi connectivity index (χ4n) is 2.62. The summed E-state index contributed by atoms with van der Waals surface area (Å²) in [6.45, 7) is 9.44. The molecule has 0 bridgehead atoms. The van der Waals surface area contributed by atoms with Crippen LogP contribution in [0.15, 0.2) is 4.99 Å². The molecule has 1 amide bonds. The van der Waals surface area contributed by atoms with Gasteiger partial charge >= 0.3 is 0 Å². The third kappa shape index (κ3) is 9.48. The molecule has 3 N–H and O–H groups in total. The molecule has 1 fully saturated rings. The van der Waals surface area contributed by atoms with Gasteiger partial charge in [-0.15, -0.1) is 24.0 Å². The van der Waals surface area contributed by atoms with Gasteiger partial charge in [0.15, 0.2) is 5.96 Å². The Morgan fingerprint density at radius 1 is 1.14 bits per heavy atom. The van der Waals surface area contributed by atoms with E-state index < -0.39 is 0 Å². The van der Waals surface area contributed by atoms with Gasteiger partial charge in [0, 0.05) is 19.1 Å². The van der Waals surface area contributed by atoms with Crippen LogP contribution in [-0.4, -0.2) is 37.5 Å². The van der Waals surface area contributed by atoms with Gasteiger partial charge in [-0.1, -0.05) is 19.8 Å². The molecule has 1 aliphatic rings. The summed E-state index contributed by atoms with van der Waals surface area (Å²) in [6.07, 6.45) is 5.23. The van der Waals surface area contributed by atoms with Crippen molar-refractivity contribution < 1.29 is 4.79 Å². The molecule has 1 rings (SSSR count). The van der Waals surface area contributed by atoms with Crippen molar-refractivity contribution in [1.82, 2.24) is 16.0 Å². The molecule has 0 radical (unpaired) electrons. The molecule has 0 atom stereocenters. The predicted molar refractivity (Wildman–Crippen MR) is 104 cm³/mol. The summed E-state index contributed by atoms with van der Waals surface area (Å²) in [5.41, 5.74) is -0.200. The fourth-order valence-corrected chi connectivity index (χ4v) is 2.62. The minimum absolute atomic E-state index is 0. The maximum Gasteiger partial charge on any atom is 0.239 e. The smallest absolute Gasteiger partial charge is 0.239 e. The lowest BCUT2D eigenvalue weighted by molar-refractivity contribution is -0.121. The highest BCUT2D eigenvalue weighted by atomic mass is 127. The standard InChI is InChI=1S/C16H32N4O.HI/c1-12-6-8-13(9-7-12)10-18-15(17-5)19-11-14(21)20-16(2,3)4;/h12-13H,6-11H2,1-5H3,(H,20,21)(H2,17,18,19);1H. The first-order valence-corrected chi connectivity index (χ1v) is 8.05. The van der Waals surface area contributed by atoms with Crippen LogP contribution in [-0.2, 0) is 4.79 Å². The van der Waals surface area contributed by atoms with Crippen molar-refractivity contribution in [2.24, 2.45) is 16.8 Å². The largest absolute Gasteiger partial charge is 0.356 e. The number of hydrogen-bond acceptors (Lipinski definition) is 2. The Morgan fingerprint density at radius 2 is 1.73 bits per heavy atom. The molecule has 0 aromatic heterocycles. The molecule has 5 nitrogen and oxygen atoms in total. The van der Waals surface area contributed by atoms with E-state index in [1.54, 1.807) is 7.05 Å². The van der Waals surface area contributed by atoms with E-state index in [4.69, 9.17) is 0 Å². The first kappa shape index (κ1) is 21.5. The van der Waals surface area contributed by atoms with Crippen LogP contribution in [0.5, 0.6) is 0 Å². The molecule has 0 saturated heterocycles. The number of hydrogen-bond donors (Lipinski definition) is 3. The van der Waals surface area contributed by atoms with E-state index in [1.807, 2.05) is 20.8 Å². The highest BCUT2D eigenvalue weighted by Crippen LogP contribution is 2.27. The fraction of sp³-hybridized carbons (Fsp3) is 0.875. The molecule has 0 heterocycles. The van der Waals surface area contributed by atoms with Gasteiger partial charge in [-0.3, -0.25) is 9.79 Å². The number of aliphatic imine (C=N–C) groups is 1. The molecule has 0 aromatic carbocycles. The van der Waals surface area contributed by atoms with Crippen LogP contribution in [0.2, 0.25) is 0 Å². The van der Waals surface area contributed by atoms with Gasteiger partial charge in [-0.25, -0.2) is 0 Å². The SMILES string of the molecule is CN=C(NCC(=O)NC(C)(C)C)NCC1CCC(C)CC1.I. The first-order chi connectivity index (χ1) is 9.80. The van der Waals surface area contributed by atoms with Gasteiger partial charge in [-0.2, -0.15) is 0 Å². The summed E-state index contributed by atoms with van der Waals surface area (Å²) in [4.78, 5) is 15.9. The molecular formula is C16H33IN4O. The normalized spacial score (nSPS) is 22.5. The third-order valence-electron chi connectivity index (χ3n) is 3.85. The van der Waals surface area contributed by atoms with Crippen molar-refractivity contribution in [2.75, 3.05) is 20.1 Å². The topological polar surface area (TPSA) is 65.5 Å². The zero-order chi connectivity index (χ0) is 15.9. The maximum atomic E-state index is 11.8. The first-order valence-electron chi connectivity index (χ1n) is 8.05. The van der Waals surface area contributed by atoms with Crippen LogP contribution in [0, 0.1) is 11.8 Å². The zero-order valence-corrected chi connectivity index (χ0v) is 17.0. The summed E-state index contributed by atoms with van der Waals surface area (Å²) in [6, 6.07) is 0. The van der Waals surface area contributed by atoms with Crippen molar-refractivity contribution in [2.45, 2.75) is 58.9 Å². The van der Waals surface area contributed by atoms with E-state index in [-0.39, 0.29) is 42.0 Å². The summed E-state index contributed by atoms with van der Waals surface area (Å²) in [5.74, 6) is 2.29. The zero-order valence-electron chi connectivity index (χ0n) is 14.7. The summed E-state index contributed by atoms with van der Waals surface area (Å²) in [5, 5.41) is 9.32. The number of nitrogens with zero attached hydrogens (tertiary/aromatic N) is 1. The Balaban J connectivity index is 0.00000441. The number of halogens is 1. The Hall–Kier alpha value is -0.530. The minimum Gasteiger partial charge on any atom is -0.356 e. The average Bonchev–Trinajstić information content (AvgIpc) is 2.39. The van der Waals surface area contributed by atoms with Crippen LogP contribution >= 0.6 is 24.0 Å². The van der Waals surface area contributed by atoms with E-state index in [0.717, 1.165) is 18.4 Å². The molecular weight excluding hydrogens is 391 g/mol. The lowest BCUT2D eigenvalue weighted by Gasteiger charge is -2.27. The van der Waals surface area contributed by atoms with Crippen molar-refractivity contribution in [3.63, 3.8) is 0 Å². The van der Waals surface area contributed by atoms with E-state index in [2.05, 4.69) is 27.9 Å². The molecule has 6 heteroatoms. The summed E-state index contributed by atoms with van der Waals surface area (Å²) in [7, 11) is 1.74. The Labute approximate surface area is 152 Å². The Morgan fingerprint density at radius 3 is 2.23 bits per heavy atom. The highest BCUT2D eigenvalue weighted by molar-refractivity contribution is 14.0. The maximum absolute atomic E-state index is 11.8. The van der Waals surface area contributed by atoms with Gasteiger partial charge in [0.25, 0.3) is 0 Å². The predicted octanol–water partition coefficient (Wildman–Crippen LogP) is 2.51. The molecule has 130 valence electrons. The summed E-state index contributed by atoms with van der Waals surface area (Å²) >= 11 is 0. The summed E-state index contributed by atoms with van der Waals surface area (Å²) < 4.78 is 0. The number of carbonyl (C=O) groups is 1. The van der Waals surface area contributed by atoms with Crippen molar-refractivity contribution in [3.05, 3.63) is 0 Å². The molecule has 22 heavy (non-hydrogen) atoms. The second-order valence-electron chi connectivity index (χ2n) is 7.23. The number of amides is 1. The van der Waals surface area contributed by atoms with Gasteiger partial charge in [0.2, 0.25) is 5.91 Å². The molecule has 0 spiro atoms. The molecule has 1 saturated carbocycles. The van der Waals surface area contributed by atoms with Crippen LogP contribution in [0.4, 0.5) is 0 Å². The lowest BCUT2D eigenvalue weighted by atomic mass is 9.83. The number of guanidine groups is 1. The molecule has 0 aromatic rings. The number of nitrogens with one attached hydrogen (secondary N) is 3. The number of carbonyl (C=O) groups excluding carboxylic acids is 1. The monoisotopic (exact) mass is 424 g/mol. The van der Waals surface area contributed by atoms with Gasteiger partial charge < -0.3 is 16.0 Å². The Bertz CT molecular complexity index is 358. The molecule has 0 unspecified atom stereocenters. The van der Waals surface area contributed by atoms with Crippen LogP contribution < -0.4 is 16.0 Å². The Kier molecular flexibility index (Phi) is 10.0.